The molecule has 2 aliphatic rings. The molecule has 0 aliphatic heterocycles. The molecule has 2 amide bonds. The van der Waals surface area contributed by atoms with Gasteiger partial charge in [-0.05, 0) is 61.4 Å². The Bertz CT molecular complexity index is 892. The summed E-state index contributed by atoms with van der Waals surface area (Å²) >= 11 is 0. The molecule has 2 aliphatic carbocycles. The second kappa shape index (κ2) is 9.71. The first kappa shape index (κ1) is 20.3. The van der Waals surface area contributed by atoms with Gasteiger partial charge in [0.2, 0.25) is 5.91 Å². The zero-order valence-corrected chi connectivity index (χ0v) is 17.0. The van der Waals surface area contributed by atoms with Crippen molar-refractivity contribution in [3.8, 4) is 0 Å². The predicted octanol–water partition coefficient (Wildman–Crippen LogP) is 3.89. The van der Waals surface area contributed by atoms with Crippen LogP contribution in [0.1, 0.15) is 54.4 Å². The molecule has 4 rings (SSSR count). The quantitative estimate of drug-likeness (QED) is 0.548. The predicted molar refractivity (Wildman–Crippen MR) is 115 cm³/mol. The van der Waals surface area contributed by atoms with Crippen LogP contribution in [0.3, 0.4) is 0 Å². The summed E-state index contributed by atoms with van der Waals surface area (Å²) < 4.78 is 0. The van der Waals surface area contributed by atoms with E-state index < -0.39 is 0 Å². The maximum atomic E-state index is 12.6. The first-order valence-electron chi connectivity index (χ1n) is 10.7. The first-order chi connectivity index (χ1) is 14.7. The van der Waals surface area contributed by atoms with Gasteiger partial charge >= 0.3 is 0 Å². The second-order valence-electron chi connectivity index (χ2n) is 8.10. The number of nitrogens with one attached hydrogen (secondary N) is 3. The SMILES string of the molecule is O=C(NOCC1CCCC1)c1ccccc1NCc1ccnc(NC(=O)C2CC2)c1. The van der Waals surface area contributed by atoms with E-state index in [9.17, 15) is 9.59 Å². The summed E-state index contributed by atoms with van der Waals surface area (Å²) in [6.07, 6.45) is 8.42. The highest BCUT2D eigenvalue weighted by molar-refractivity contribution is 5.99. The fraction of sp³-hybridized carbons (Fsp3) is 0.435. The second-order valence-corrected chi connectivity index (χ2v) is 8.10. The van der Waals surface area contributed by atoms with Crippen LogP contribution < -0.4 is 16.1 Å². The Kier molecular flexibility index (Phi) is 6.59. The van der Waals surface area contributed by atoms with Crippen LogP contribution in [0.2, 0.25) is 0 Å². The van der Waals surface area contributed by atoms with Crippen molar-refractivity contribution in [2.24, 2.45) is 11.8 Å². The Morgan fingerprint density at radius 1 is 1.07 bits per heavy atom. The number of hydrogen-bond acceptors (Lipinski definition) is 5. The van der Waals surface area contributed by atoms with Crippen molar-refractivity contribution >= 4 is 23.3 Å². The number of anilines is 2. The normalized spacial score (nSPS) is 16.3. The van der Waals surface area contributed by atoms with E-state index in [-0.39, 0.29) is 17.7 Å². The van der Waals surface area contributed by atoms with E-state index in [0.717, 1.165) is 24.1 Å². The number of para-hydroxylation sites is 1. The van der Waals surface area contributed by atoms with E-state index >= 15 is 0 Å². The standard InChI is InChI=1S/C23H28N4O3/c28-22(18-9-10-18)26-21-13-17(11-12-24-21)14-25-20-8-4-3-7-19(20)23(29)27-30-15-16-5-1-2-6-16/h3-4,7-8,11-13,16,18,25H,1-2,5-6,9-10,14-15H2,(H,27,29)(H,24,26,28). The maximum absolute atomic E-state index is 12.6. The van der Waals surface area contributed by atoms with E-state index in [1.165, 1.54) is 25.7 Å². The lowest BCUT2D eigenvalue weighted by molar-refractivity contribution is -0.117. The molecule has 0 atom stereocenters. The van der Waals surface area contributed by atoms with Crippen LogP contribution in [0.4, 0.5) is 11.5 Å². The van der Waals surface area contributed by atoms with Crippen molar-refractivity contribution < 1.29 is 14.4 Å². The fourth-order valence-corrected chi connectivity index (χ4v) is 3.72. The molecule has 0 saturated heterocycles. The van der Waals surface area contributed by atoms with Crippen molar-refractivity contribution in [3.63, 3.8) is 0 Å². The van der Waals surface area contributed by atoms with Crippen LogP contribution in [-0.2, 0) is 16.2 Å². The van der Waals surface area contributed by atoms with Crippen LogP contribution in [0.25, 0.3) is 0 Å². The molecule has 2 saturated carbocycles. The zero-order valence-electron chi connectivity index (χ0n) is 17.0. The van der Waals surface area contributed by atoms with Crippen LogP contribution >= 0.6 is 0 Å². The van der Waals surface area contributed by atoms with Gasteiger partial charge in [0.1, 0.15) is 5.82 Å². The summed E-state index contributed by atoms with van der Waals surface area (Å²) in [4.78, 5) is 34.2. The molecule has 1 aromatic carbocycles. The van der Waals surface area contributed by atoms with Crippen LogP contribution in [0.15, 0.2) is 42.6 Å². The zero-order chi connectivity index (χ0) is 20.8. The molecule has 30 heavy (non-hydrogen) atoms. The molecule has 0 bridgehead atoms. The number of carbonyl (C=O) groups is 2. The van der Waals surface area contributed by atoms with Gasteiger partial charge in [0.25, 0.3) is 5.91 Å². The number of benzene rings is 1. The Labute approximate surface area is 176 Å². The summed E-state index contributed by atoms with van der Waals surface area (Å²) in [7, 11) is 0. The highest BCUT2D eigenvalue weighted by Crippen LogP contribution is 2.30. The van der Waals surface area contributed by atoms with Crippen molar-refractivity contribution in [1.29, 1.82) is 0 Å². The van der Waals surface area contributed by atoms with Gasteiger partial charge in [0, 0.05) is 24.3 Å². The smallest absolute Gasteiger partial charge is 0.276 e. The molecule has 7 nitrogen and oxygen atoms in total. The summed E-state index contributed by atoms with van der Waals surface area (Å²) in [5, 5.41) is 6.16. The molecule has 2 fully saturated rings. The van der Waals surface area contributed by atoms with E-state index in [0.29, 0.717) is 30.5 Å². The third kappa shape index (κ3) is 5.57. The molecule has 0 radical (unpaired) electrons. The fourth-order valence-electron chi connectivity index (χ4n) is 3.72. The van der Waals surface area contributed by atoms with Crippen LogP contribution in [-0.4, -0.2) is 23.4 Å². The van der Waals surface area contributed by atoms with Gasteiger partial charge in [-0.1, -0.05) is 25.0 Å². The van der Waals surface area contributed by atoms with Crippen molar-refractivity contribution in [1.82, 2.24) is 10.5 Å². The molecule has 158 valence electrons. The molecular formula is C23H28N4O3. The number of aromatic nitrogens is 1. The van der Waals surface area contributed by atoms with Gasteiger partial charge in [-0.3, -0.25) is 14.4 Å². The summed E-state index contributed by atoms with van der Waals surface area (Å²) in [6.45, 7) is 1.07. The largest absolute Gasteiger partial charge is 0.380 e. The lowest BCUT2D eigenvalue weighted by Crippen LogP contribution is -2.27. The van der Waals surface area contributed by atoms with Gasteiger partial charge in [-0.15, -0.1) is 0 Å². The highest BCUT2D eigenvalue weighted by atomic mass is 16.6. The average molecular weight is 409 g/mol. The molecule has 3 N–H and O–H groups in total. The number of hydrogen-bond donors (Lipinski definition) is 3. The van der Waals surface area contributed by atoms with Gasteiger partial charge < -0.3 is 10.6 Å². The number of carbonyl (C=O) groups excluding carboxylic acids is 2. The summed E-state index contributed by atoms with van der Waals surface area (Å²) in [5.74, 6) is 1.00. The maximum Gasteiger partial charge on any atom is 0.276 e. The van der Waals surface area contributed by atoms with Gasteiger partial charge in [0.05, 0.1) is 12.2 Å². The Morgan fingerprint density at radius 2 is 1.87 bits per heavy atom. The molecule has 0 spiro atoms. The van der Waals surface area contributed by atoms with Gasteiger partial charge in [-0.25, -0.2) is 10.5 Å². The van der Waals surface area contributed by atoms with E-state index in [2.05, 4.69) is 21.1 Å². The van der Waals surface area contributed by atoms with Crippen molar-refractivity contribution in [2.75, 3.05) is 17.2 Å². The molecule has 2 aromatic rings. The monoisotopic (exact) mass is 408 g/mol. The van der Waals surface area contributed by atoms with Gasteiger partial charge in [0.15, 0.2) is 0 Å². The van der Waals surface area contributed by atoms with Crippen LogP contribution in [0, 0.1) is 11.8 Å². The van der Waals surface area contributed by atoms with E-state index in [4.69, 9.17) is 4.84 Å². The Morgan fingerprint density at radius 3 is 2.67 bits per heavy atom. The summed E-state index contributed by atoms with van der Waals surface area (Å²) in [6, 6.07) is 11.1. The Hall–Kier alpha value is -2.93. The number of hydroxylamine groups is 1. The topological polar surface area (TPSA) is 92.3 Å². The first-order valence-corrected chi connectivity index (χ1v) is 10.7. The summed E-state index contributed by atoms with van der Waals surface area (Å²) in [5.41, 5.74) is 4.79. The minimum atomic E-state index is -0.261. The van der Waals surface area contributed by atoms with E-state index in [1.54, 1.807) is 12.3 Å². The Balaban J connectivity index is 1.32. The molecular weight excluding hydrogens is 380 g/mol. The highest BCUT2D eigenvalue weighted by Gasteiger charge is 2.29. The van der Waals surface area contributed by atoms with Crippen molar-refractivity contribution in [2.45, 2.75) is 45.1 Å². The molecule has 0 unspecified atom stereocenters. The lowest BCUT2D eigenvalue weighted by Gasteiger charge is -2.14. The minimum Gasteiger partial charge on any atom is -0.380 e. The van der Waals surface area contributed by atoms with E-state index in [1.807, 2.05) is 30.3 Å². The number of nitrogens with zero attached hydrogens (tertiary/aromatic N) is 1. The number of rotatable bonds is 9. The lowest BCUT2D eigenvalue weighted by atomic mass is 10.1. The minimum absolute atomic E-state index is 0.0345. The third-order valence-corrected chi connectivity index (χ3v) is 5.64. The number of pyridine rings is 1. The molecule has 1 heterocycles. The third-order valence-electron chi connectivity index (χ3n) is 5.64. The number of amides is 2. The van der Waals surface area contributed by atoms with Crippen molar-refractivity contribution in [3.05, 3.63) is 53.7 Å². The molecule has 7 heteroatoms. The molecule has 1 aromatic heterocycles. The van der Waals surface area contributed by atoms with Crippen LogP contribution in [0.5, 0.6) is 0 Å². The van der Waals surface area contributed by atoms with Gasteiger partial charge in [-0.2, -0.15) is 0 Å². The average Bonchev–Trinajstić information content (AvgIpc) is 3.49.